The molecule has 0 saturated carbocycles. The van der Waals surface area contributed by atoms with E-state index in [0.29, 0.717) is 17.4 Å². The van der Waals surface area contributed by atoms with Crippen molar-refractivity contribution in [3.8, 4) is 0 Å². The highest BCUT2D eigenvalue weighted by Gasteiger charge is 2.25. The Balaban J connectivity index is 4.54. The third-order valence-electron chi connectivity index (χ3n) is 7.11. The number of carbonyl (C=O) groups excluding carboxylic acids is 2. The number of likely N-dealkylation sites (N-methyl/N-ethyl adjacent to an activating group) is 1. The summed E-state index contributed by atoms with van der Waals surface area (Å²) in [6.07, 6.45) is 17.7. The number of carbonyl (C=O) groups is 3. The molecule has 9 nitrogen and oxygen atoms in total. The maximum atomic E-state index is 12.5. The van der Waals surface area contributed by atoms with E-state index in [1.165, 1.54) is 57.8 Å². The highest BCUT2D eigenvalue weighted by Crippen LogP contribution is 2.13. The lowest BCUT2D eigenvalue weighted by Crippen LogP contribution is -2.40. The molecular weight excluding hydrogens is 538 g/mol. The number of esters is 2. The zero-order valence-electron chi connectivity index (χ0n) is 27.7. The topological polar surface area (TPSA) is 108 Å². The number of quaternary nitrogens is 1. The predicted molar refractivity (Wildman–Crippen MR) is 166 cm³/mol. The molecule has 0 bridgehead atoms. The van der Waals surface area contributed by atoms with Crippen molar-refractivity contribution in [3.63, 3.8) is 0 Å². The van der Waals surface area contributed by atoms with Crippen molar-refractivity contribution in [2.24, 2.45) is 0 Å². The van der Waals surface area contributed by atoms with Gasteiger partial charge in [-0.1, -0.05) is 110 Å². The summed E-state index contributed by atoms with van der Waals surface area (Å²) in [5, 5.41) is 9.50. The van der Waals surface area contributed by atoms with Gasteiger partial charge in [-0.05, 0) is 12.8 Å². The highest BCUT2D eigenvalue weighted by atomic mass is 16.7. The zero-order valence-corrected chi connectivity index (χ0v) is 27.7. The first-order valence-corrected chi connectivity index (χ1v) is 16.7. The maximum Gasteiger partial charge on any atom is 0.361 e. The van der Waals surface area contributed by atoms with Crippen LogP contribution in [0.25, 0.3) is 0 Å². The maximum absolute atomic E-state index is 12.5. The first-order chi connectivity index (χ1) is 20.1. The van der Waals surface area contributed by atoms with Crippen LogP contribution in [0.1, 0.15) is 136 Å². The van der Waals surface area contributed by atoms with Crippen LogP contribution in [0.15, 0.2) is 0 Å². The van der Waals surface area contributed by atoms with E-state index in [2.05, 4.69) is 13.8 Å². The molecule has 0 rings (SSSR count). The van der Waals surface area contributed by atoms with Crippen molar-refractivity contribution in [2.45, 2.75) is 148 Å². The summed E-state index contributed by atoms with van der Waals surface area (Å²) in [5.41, 5.74) is 0. The van der Waals surface area contributed by atoms with Gasteiger partial charge in [0.25, 0.3) is 6.29 Å². The molecule has 0 aliphatic carbocycles. The second-order valence-corrected chi connectivity index (χ2v) is 12.5. The van der Waals surface area contributed by atoms with Gasteiger partial charge >= 0.3 is 17.9 Å². The monoisotopic (exact) mass is 602 g/mol. The van der Waals surface area contributed by atoms with E-state index in [4.69, 9.17) is 18.9 Å². The van der Waals surface area contributed by atoms with Crippen LogP contribution in [-0.4, -0.2) is 87.4 Å². The average molecular weight is 603 g/mol. The average Bonchev–Trinajstić information content (AvgIpc) is 2.93. The fraction of sp³-hybridized carbons (Fsp3) is 0.909. The molecule has 0 aromatic rings. The fourth-order valence-corrected chi connectivity index (χ4v) is 4.42. The van der Waals surface area contributed by atoms with Gasteiger partial charge in [0.2, 0.25) is 0 Å². The molecule has 0 radical (unpaired) electrons. The molecule has 9 heteroatoms. The first-order valence-electron chi connectivity index (χ1n) is 16.7. The number of rotatable bonds is 30. The van der Waals surface area contributed by atoms with Crippen LogP contribution < -0.4 is 0 Å². The minimum atomic E-state index is -1.50. The van der Waals surface area contributed by atoms with E-state index in [0.717, 1.165) is 51.4 Å². The van der Waals surface area contributed by atoms with Crippen molar-refractivity contribution >= 4 is 17.9 Å². The van der Waals surface area contributed by atoms with Gasteiger partial charge in [-0.15, -0.1) is 0 Å². The number of carboxylic acids is 1. The van der Waals surface area contributed by atoms with Crippen LogP contribution in [-0.2, 0) is 33.3 Å². The largest absolute Gasteiger partial charge is 0.477 e. The summed E-state index contributed by atoms with van der Waals surface area (Å²) in [6.45, 7) is 4.75. The van der Waals surface area contributed by atoms with Crippen molar-refractivity contribution in [3.05, 3.63) is 0 Å². The van der Waals surface area contributed by atoms with Crippen molar-refractivity contribution in [1.29, 1.82) is 0 Å². The molecule has 0 amide bonds. The Hall–Kier alpha value is -1.71. The number of ether oxygens (including phenoxy) is 4. The van der Waals surface area contributed by atoms with Crippen LogP contribution in [0.3, 0.4) is 0 Å². The van der Waals surface area contributed by atoms with E-state index in [1.807, 2.05) is 21.1 Å². The number of hydrogen-bond donors (Lipinski definition) is 1. The molecule has 0 aliphatic heterocycles. The van der Waals surface area contributed by atoms with Gasteiger partial charge in [0.1, 0.15) is 13.2 Å². The smallest absolute Gasteiger partial charge is 0.361 e. The highest BCUT2D eigenvalue weighted by molar-refractivity contribution is 5.71. The van der Waals surface area contributed by atoms with Crippen molar-refractivity contribution in [1.82, 2.24) is 0 Å². The van der Waals surface area contributed by atoms with E-state index in [-0.39, 0.29) is 32.2 Å². The summed E-state index contributed by atoms with van der Waals surface area (Å²) in [6, 6.07) is 0. The number of nitrogens with zero attached hydrogens (tertiary/aromatic N) is 1. The molecule has 2 atom stereocenters. The first kappa shape index (κ1) is 40.3. The van der Waals surface area contributed by atoms with Gasteiger partial charge in [-0.2, -0.15) is 0 Å². The normalized spacial score (nSPS) is 13.1. The number of carboxylic acid groups (broad SMARTS) is 1. The minimum Gasteiger partial charge on any atom is -0.477 e. The van der Waals surface area contributed by atoms with Crippen molar-refractivity contribution < 1.29 is 42.9 Å². The van der Waals surface area contributed by atoms with E-state index in [9.17, 15) is 19.5 Å². The molecular formula is C33H64NO8+. The van der Waals surface area contributed by atoms with Crippen LogP contribution in [0.5, 0.6) is 0 Å². The Morgan fingerprint density at radius 3 is 1.52 bits per heavy atom. The molecule has 0 spiro atoms. The van der Waals surface area contributed by atoms with Gasteiger partial charge < -0.3 is 28.5 Å². The Morgan fingerprint density at radius 1 is 0.619 bits per heavy atom. The lowest BCUT2D eigenvalue weighted by molar-refractivity contribution is -0.870. The van der Waals surface area contributed by atoms with E-state index >= 15 is 0 Å². The van der Waals surface area contributed by atoms with Gasteiger partial charge in [0.15, 0.2) is 6.10 Å². The molecule has 1 N–H and O–H groups in total. The lowest BCUT2D eigenvalue weighted by Gasteiger charge is -2.25. The lowest BCUT2D eigenvalue weighted by atomic mass is 10.0. The van der Waals surface area contributed by atoms with Gasteiger partial charge in [0.05, 0.1) is 34.4 Å². The quantitative estimate of drug-likeness (QED) is 0.0404. The molecule has 0 aromatic carbocycles. The summed E-state index contributed by atoms with van der Waals surface area (Å²) >= 11 is 0. The molecule has 0 fully saturated rings. The molecule has 248 valence electrons. The summed E-state index contributed by atoms with van der Waals surface area (Å²) in [5.74, 6) is -2.02. The van der Waals surface area contributed by atoms with E-state index < -0.39 is 24.3 Å². The fourth-order valence-electron chi connectivity index (χ4n) is 4.42. The van der Waals surface area contributed by atoms with Gasteiger partial charge in [0, 0.05) is 12.8 Å². The third kappa shape index (κ3) is 27.1. The molecule has 0 aromatic heterocycles. The second kappa shape index (κ2) is 26.9. The number of aliphatic carboxylic acids is 1. The number of unbranched alkanes of at least 4 members (excludes halogenated alkanes) is 15. The summed E-state index contributed by atoms with van der Waals surface area (Å²) < 4.78 is 22.4. The third-order valence-corrected chi connectivity index (χ3v) is 7.11. The van der Waals surface area contributed by atoms with Gasteiger partial charge in [-0.25, -0.2) is 4.79 Å². The molecule has 0 saturated heterocycles. The molecule has 42 heavy (non-hydrogen) atoms. The Morgan fingerprint density at radius 2 is 1.07 bits per heavy atom. The van der Waals surface area contributed by atoms with Crippen LogP contribution in [0, 0.1) is 0 Å². The second-order valence-electron chi connectivity index (χ2n) is 12.5. The Labute approximate surface area is 256 Å². The summed E-state index contributed by atoms with van der Waals surface area (Å²) in [7, 11) is 5.93. The number of hydrogen-bond acceptors (Lipinski definition) is 7. The summed E-state index contributed by atoms with van der Waals surface area (Å²) in [4.78, 5) is 36.4. The Kier molecular flexibility index (Phi) is 25.8. The predicted octanol–water partition coefficient (Wildman–Crippen LogP) is 7.04. The van der Waals surface area contributed by atoms with Crippen molar-refractivity contribution in [2.75, 3.05) is 47.5 Å². The Bertz CT molecular complexity index is 679. The van der Waals surface area contributed by atoms with E-state index in [1.54, 1.807) is 0 Å². The molecule has 0 heterocycles. The minimum absolute atomic E-state index is 0.177. The standard InChI is InChI=1S/C33H63NO8/c1-6-8-10-12-13-14-15-16-17-18-20-22-24-31(36)42-29(27-40-30(35)23-21-19-11-9-7-2)28-41-33(32(37)38)39-26-25-34(3,4)5/h29,33H,6-28H2,1-5H3/p+1. The molecule has 2 unspecified atom stereocenters. The molecule has 0 aliphatic rings. The van der Waals surface area contributed by atoms with Crippen LogP contribution in [0.2, 0.25) is 0 Å². The van der Waals surface area contributed by atoms with Crippen LogP contribution >= 0.6 is 0 Å². The SMILES string of the molecule is CCCCCCCCCCCCCCC(=O)OC(COC(=O)CCCCCCC)COC(OCC[N+](C)(C)C)C(=O)O. The van der Waals surface area contributed by atoms with Crippen LogP contribution in [0.4, 0.5) is 0 Å². The zero-order chi connectivity index (χ0) is 31.5. The van der Waals surface area contributed by atoms with Gasteiger partial charge in [-0.3, -0.25) is 9.59 Å².